The summed E-state index contributed by atoms with van der Waals surface area (Å²) >= 11 is 0. The quantitative estimate of drug-likeness (QED) is 0.768. The van der Waals surface area contributed by atoms with E-state index in [0.29, 0.717) is 12.3 Å². The first kappa shape index (κ1) is 15.1. The minimum Gasteiger partial charge on any atom is -0.497 e. The second-order valence-corrected chi connectivity index (χ2v) is 4.69. The fourth-order valence-electron chi connectivity index (χ4n) is 2.11. The van der Waals surface area contributed by atoms with Gasteiger partial charge in [0.1, 0.15) is 5.75 Å². The van der Waals surface area contributed by atoms with E-state index in [1.807, 2.05) is 0 Å². The highest BCUT2D eigenvalue weighted by Crippen LogP contribution is 2.22. The molecule has 1 aromatic rings. The predicted octanol–water partition coefficient (Wildman–Crippen LogP) is 1.69. The van der Waals surface area contributed by atoms with Crippen molar-refractivity contribution in [2.75, 3.05) is 25.6 Å². The van der Waals surface area contributed by atoms with Crippen LogP contribution in [0, 0.1) is 0 Å². The summed E-state index contributed by atoms with van der Waals surface area (Å²) < 4.78 is 10.4. The van der Waals surface area contributed by atoms with Gasteiger partial charge < -0.3 is 25.2 Å². The first-order valence-electron chi connectivity index (χ1n) is 6.68. The van der Waals surface area contributed by atoms with Crippen LogP contribution in [0.1, 0.15) is 23.2 Å². The van der Waals surface area contributed by atoms with Gasteiger partial charge in [0.05, 0.1) is 24.5 Å². The maximum absolute atomic E-state index is 11.8. The van der Waals surface area contributed by atoms with Gasteiger partial charge in [0.15, 0.2) is 0 Å². The molecule has 1 aliphatic rings. The van der Waals surface area contributed by atoms with Gasteiger partial charge in [-0.25, -0.2) is 9.59 Å². The summed E-state index contributed by atoms with van der Waals surface area (Å²) in [5, 5.41) is 14.3. The maximum atomic E-state index is 11.8. The molecule has 2 amide bonds. The van der Waals surface area contributed by atoms with Crippen LogP contribution < -0.4 is 15.4 Å². The first-order valence-corrected chi connectivity index (χ1v) is 6.68. The highest BCUT2D eigenvalue weighted by atomic mass is 16.5. The standard InChI is InChI=1S/C14H18N2O5/c1-20-9-4-5-12(11(7-9)13(17)18)16-14(19)15-8-10-3-2-6-21-10/h4-5,7,10H,2-3,6,8H2,1H3,(H,17,18)(H2,15,16,19). The zero-order valence-electron chi connectivity index (χ0n) is 11.7. The van der Waals surface area contributed by atoms with Gasteiger partial charge in [-0.3, -0.25) is 0 Å². The third-order valence-corrected chi connectivity index (χ3v) is 3.22. The number of carboxylic acid groups (broad SMARTS) is 1. The molecule has 114 valence electrons. The summed E-state index contributed by atoms with van der Waals surface area (Å²) in [6.07, 6.45) is 1.95. The molecular weight excluding hydrogens is 276 g/mol. The number of hydrogen-bond acceptors (Lipinski definition) is 4. The Morgan fingerprint density at radius 3 is 2.90 bits per heavy atom. The Balaban J connectivity index is 1.97. The minimum atomic E-state index is -1.14. The van der Waals surface area contributed by atoms with Gasteiger partial charge in [0.2, 0.25) is 0 Å². The molecule has 1 heterocycles. The second-order valence-electron chi connectivity index (χ2n) is 4.69. The molecule has 1 unspecified atom stereocenters. The molecule has 1 aliphatic heterocycles. The Morgan fingerprint density at radius 1 is 1.48 bits per heavy atom. The number of carboxylic acids is 1. The van der Waals surface area contributed by atoms with E-state index in [9.17, 15) is 9.59 Å². The molecule has 0 radical (unpaired) electrons. The Hall–Kier alpha value is -2.28. The van der Waals surface area contributed by atoms with Crippen LogP contribution in [0.25, 0.3) is 0 Å². The summed E-state index contributed by atoms with van der Waals surface area (Å²) in [6.45, 7) is 1.13. The van der Waals surface area contributed by atoms with Crippen molar-refractivity contribution in [2.45, 2.75) is 18.9 Å². The highest BCUT2D eigenvalue weighted by Gasteiger charge is 2.17. The van der Waals surface area contributed by atoms with Crippen molar-refractivity contribution in [2.24, 2.45) is 0 Å². The fourth-order valence-corrected chi connectivity index (χ4v) is 2.11. The van der Waals surface area contributed by atoms with E-state index in [2.05, 4.69) is 10.6 Å². The molecule has 7 heteroatoms. The van der Waals surface area contributed by atoms with Crippen molar-refractivity contribution in [1.82, 2.24) is 5.32 Å². The molecule has 1 atom stereocenters. The summed E-state index contributed by atoms with van der Waals surface area (Å²) in [7, 11) is 1.45. The largest absolute Gasteiger partial charge is 0.497 e. The van der Waals surface area contributed by atoms with E-state index in [-0.39, 0.29) is 17.4 Å². The van der Waals surface area contributed by atoms with Crippen LogP contribution in [-0.4, -0.2) is 43.5 Å². The summed E-state index contributed by atoms with van der Waals surface area (Å²) in [5.74, 6) is -0.721. The lowest BCUT2D eigenvalue weighted by atomic mass is 10.1. The molecule has 0 spiro atoms. The maximum Gasteiger partial charge on any atom is 0.337 e. The second kappa shape index (κ2) is 6.94. The first-order chi connectivity index (χ1) is 10.1. The number of carbonyl (C=O) groups excluding carboxylic acids is 1. The molecule has 1 saturated heterocycles. The van der Waals surface area contributed by atoms with E-state index in [0.717, 1.165) is 19.4 Å². The van der Waals surface area contributed by atoms with Crippen LogP contribution in [0.5, 0.6) is 5.75 Å². The predicted molar refractivity (Wildman–Crippen MR) is 75.9 cm³/mol. The normalized spacial score (nSPS) is 17.3. The van der Waals surface area contributed by atoms with Crippen molar-refractivity contribution in [1.29, 1.82) is 0 Å². The summed E-state index contributed by atoms with van der Waals surface area (Å²) in [4.78, 5) is 23.0. The number of nitrogens with one attached hydrogen (secondary N) is 2. The summed E-state index contributed by atoms with van der Waals surface area (Å²) in [5.41, 5.74) is 0.190. The third kappa shape index (κ3) is 4.09. The van der Waals surface area contributed by atoms with Gasteiger partial charge in [-0.15, -0.1) is 0 Å². The van der Waals surface area contributed by atoms with Crippen LogP contribution in [0.2, 0.25) is 0 Å². The molecule has 3 N–H and O–H groups in total. The van der Waals surface area contributed by atoms with Gasteiger partial charge in [0, 0.05) is 13.2 Å². The molecule has 21 heavy (non-hydrogen) atoms. The summed E-state index contributed by atoms with van der Waals surface area (Å²) in [6, 6.07) is 3.98. The van der Waals surface area contributed by atoms with E-state index in [1.54, 1.807) is 6.07 Å². The topological polar surface area (TPSA) is 96.9 Å². The van der Waals surface area contributed by atoms with Gasteiger partial charge in [-0.2, -0.15) is 0 Å². The van der Waals surface area contributed by atoms with Crippen LogP contribution >= 0.6 is 0 Å². The number of benzene rings is 1. The number of ether oxygens (including phenoxy) is 2. The monoisotopic (exact) mass is 294 g/mol. The zero-order valence-corrected chi connectivity index (χ0v) is 11.7. The Bertz CT molecular complexity index is 526. The molecule has 7 nitrogen and oxygen atoms in total. The molecule has 0 bridgehead atoms. The van der Waals surface area contributed by atoms with Crippen molar-refractivity contribution < 1.29 is 24.2 Å². The lowest BCUT2D eigenvalue weighted by Crippen LogP contribution is -2.35. The van der Waals surface area contributed by atoms with Crippen LogP contribution in [0.4, 0.5) is 10.5 Å². The van der Waals surface area contributed by atoms with Crippen LogP contribution in [0.15, 0.2) is 18.2 Å². The fraction of sp³-hybridized carbons (Fsp3) is 0.429. The number of carbonyl (C=O) groups is 2. The zero-order chi connectivity index (χ0) is 15.2. The van der Waals surface area contributed by atoms with Crippen LogP contribution in [-0.2, 0) is 4.74 Å². The van der Waals surface area contributed by atoms with E-state index < -0.39 is 12.0 Å². The molecule has 0 saturated carbocycles. The van der Waals surface area contributed by atoms with Gasteiger partial charge >= 0.3 is 12.0 Å². The number of rotatable bonds is 5. The van der Waals surface area contributed by atoms with Crippen LogP contribution in [0.3, 0.4) is 0 Å². The number of anilines is 1. The van der Waals surface area contributed by atoms with Crippen molar-refractivity contribution >= 4 is 17.7 Å². The average Bonchev–Trinajstić information content (AvgIpc) is 2.98. The number of urea groups is 1. The number of methoxy groups -OCH3 is 1. The molecule has 1 fully saturated rings. The Morgan fingerprint density at radius 2 is 2.29 bits per heavy atom. The minimum absolute atomic E-state index is 0.0263. The Labute approximate surface area is 122 Å². The van der Waals surface area contributed by atoms with Gasteiger partial charge in [0.25, 0.3) is 0 Å². The smallest absolute Gasteiger partial charge is 0.337 e. The number of aromatic carboxylic acids is 1. The molecular formula is C14H18N2O5. The van der Waals surface area contributed by atoms with Gasteiger partial charge in [-0.1, -0.05) is 0 Å². The van der Waals surface area contributed by atoms with E-state index in [4.69, 9.17) is 14.6 Å². The lowest BCUT2D eigenvalue weighted by Gasteiger charge is -2.13. The van der Waals surface area contributed by atoms with Gasteiger partial charge in [-0.05, 0) is 31.0 Å². The van der Waals surface area contributed by atoms with Crippen molar-refractivity contribution in [3.8, 4) is 5.75 Å². The number of amides is 2. The third-order valence-electron chi connectivity index (χ3n) is 3.22. The van der Waals surface area contributed by atoms with E-state index >= 15 is 0 Å². The molecule has 1 aromatic carbocycles. The van der Waals surface area contributed by atoms with Crippen molar-refractivity contribution in [3.05, 3.63) is 23.8 Å². The van der Waals surface area contributed by atoms with Crippen molar-refractivity contribution in [3.63, 3.8) is 0 Å². The average molecular weight is 294 g/mol. The van der Waals surface area contributed by atoms with E-state index in [1.165, 1.54) is 19.2 Å². The molecule has 0 aromatic heterocycles. The molecule has 0 aliphatic carbocycles. The number of hydrogen-bond donors (Lipinski definition) is 3. The SMILES string of the molecule is COc1ccc(NC(=O)NCC2CCCO2)c(C(=O)O)c1. The Kier molecular flexibility index (Phi) is 4.99. The highest BCUT2D eigenvalue weighted by molar-refractivity contribution is 6.00. The lowest BCUT2D eigenvalue weighted by molar-refractivity contribution is 0.0697. The molecule has 2 rings (SSSR count).